The maximum absolute atomic E-state index is 12.5. The van der Waals surface area contributed by atoms with Crippen molar-refractivity contribution in [2.45, 2.75) is 44.1 Å². The van der Waals surface area contributed by atoms with Crippen molar-refractivity contribution in [2.24, 2.45) is 0 Å². The number of nitrogens with two attached hydrogens (primary N) is 1. The Labute approximate surface area is 119 Å². The summed E-state index contributed by atoms with van der Waals surface area (Å²) in [6, 6.07) is 3.62. The third-order valence-corrected chi connectivity index (χ3v) is 4.06. The van der Waals surface area contributed by atoms with Crippen molar-refractivity contribution in [1.29, 1.82) is 0 Å². The van der Waals surface area contributed by atoms with Gasteiger partial charge in [0.25, 0.3) is 0 Å². The van der Waals surface area contributed by atoms with E-state index in [9.17, 15) is 4.79 Å². The summed E-state index contributed by atoms with van der Waals surface area (Å²) in [6.07, 6.45) is 4.87. The summed E-state index contributed by atoms with van der Waals surface area (Å²) >= 11 is 0. The zero-order valence-electron chi connectivity index (χ0n) is 12.1. The van der Waals surface area contributed by atoms with Crippen LogP contribution in [0.4, 0.5) is 5.69 Å². The first-order chi connectivity index (χ1) is 9.62. The third kappa shape index (κ3) is 2.77. The molecule has 0 bridgehead atoms. The number of carbonyl (C=O) groups excluding carboxylic acids is 1. The molecule has 1 aromatic heterocycles. The Kier molecular flexibility index (Phi) is 4.60. The smallest absolute Gasteiger partial charge is 0.318 e. The summed E-state index contributed by atoms with van der Waals surface area (Å²) in [5, 5.41) is 0. The SMILES string of the molecule is CCOC(=O)C1(c2ccc(N)cn2)CCC(OC)CC1. The van der Waals surface area contributed by atoms with Crippen LogP contribution >= 0.6 is 0 Å². The molecule has 5 nitrogen and oxygen atoms in total. The lowest BCUT2D eigenvalue weighted by Crippen LogP contribution is -2.43. The fourth-order valence-electron chi connectivity index (χ4n) is 2.84. The van der Waals surface area contributed by atoms with Gasteiger partial charge >= 0.3 is 5.97 Å². The van der Waals surface area contributed by atoms with Crippen molar-refractivity contribution in [3.05, 3.63) is 24.0 Å². The third-order valence-electron chi connectivity index (χ3n) is 4.06. The van der Waals surface area contributed by atoms with Crippen molar-refractivity contribution in [3.63, 3.8) is 0 Å². The number of anilines is 1. The van der Waals surface area contributed by atoms with E-state index in [1.807, 2.05) is 13.0 Å². The topological polar surface area (TPSA) is 74.4 Å². The van der Waals surface area contributed by atoms with Gasteiger partial charge in [0.15, 0.2) is 0 Å². The first kappa shape index (κ1) is 14.8. The highest BCUT2D eigenvalue weighted by Crippen LogP contribution is 2.40. The summed E-state index contributed by atoms with van der Waals surface area (Å²) in [6.45, 7) is 2.20. The number of ether oxygens (including phenoxy) is 2. The van der Waals surface area contributed by atoms with E-state index in [4.69, 9.17) is 15.2 Å². The van der Waals surface area contributed by atoms with Crippen molar-refractivity contribution < 1.29 is 14.3 Å². The summed E-state index contributed by atoms with van der Waals surface area (Å²) in [7, 11) is 1.71. The number of rotatable bonds is 4. The molecule has 0 aliphatic heterocycles. The molecule has 1 heterocycles. The number of aromatic nitrogens is 1. The number of nitrogens with zero attached hydrogens (tertiary/aromatic N) is 1. The minimum atomic E-state index is -0.654. The van der Waals surface area contributed by atoms with Crippen LogP contribution in [0.5, 0.6) is 0 Å². The van der Waals surface area contributed by atoms with E-state index in [2.05, 4.69) is 4.98 Å². The Morgan fingerprint density at radius 2 is 2.15 bits per heavy atom. The lowest BCUT2D eigenvalue weighted by Gasteiger charge is -2.37. The van der Waals surface area contributed by atoms with Crippen LogP contribution in [0.25, 0.3) is 0 Å². The number of carbonyl (C=O) groups is 1. The largest absolute Gasteiger partial charge is 0.465 e. The van der Waals surface area contributed by atoms with Crippen LogP contribution in [0, 0.1) is 0 Å². The predicted molar refractivity (Wildman–Crippen MR) is 76.2 cm³/mol. The second kappa shape index (κ2) is 6.22. The van der Waals surface area contributed by atoms with Crippen LogP contribution in [0.2, 0.25) is 0 Å². The lowest BCUT2D eigenvalue weighted by molar-refractivity contribution is -0.153. The van der Waals surface area contributed by atoms with E-state index in [-0.39, 0.29) is 12.1 Å². The molecule has 1 aliphatic carbocycles. The van der Waals surface area contributed by atoms with Crippen molar-refractivity contribution in [1.82, 2.24) is 4.98 Å². The van der Waals surface area contributed by atoms with Crippen LogP contribution in [-0.2, 0) is 19.7 Å². The number of hydrogen-bond donors (Lipinski definition) is 1. The molecule has 0 aromatic carbocycles. The lowest BCUT2D eigenvalue weighted by atomic mass is 9.70. The minimum absolute atomic E-state index is 0.188. The number of methoxy groups -OCH3 is 1. The van der Waals surface area contributed by atoms with Crippen molar-refractivity contribution >= 4 is 11.7 Å². The molecule has 1 saturated carbocycles. The molecule has 0 unspecified atom stereocenters. The van der Waals surface area contributed by atoms with Gasteiger partial charge in [0.05, 0.1) is 30.3 Å². The van der Waals surface area contributed by atoms with E-state index < -0.39 is 5.41 Å². The Hall–Kier alpha value is -1.62. The minimum Gasteiger partial charge on any atom is -0.465 e. The first-order valence-corrected chi connectivity index (χ1v) is 7.04. The van der Waals surface area contributed by atoms with E-state index in [0.29, 0.717) is 25.1 Å². The van der Waals surface area contributed by atoms with Crippen LogP contribution in [0.3, 0.4) is 0 Å². The summed E-state index contributed by atoms with van der Waals surface area (Å²) in [4.78, 5) is 16.8. The van der Waals surface area contributed by atoms with Crippen molar-refractivity contribution in [3.8, 4) is 0 Å². The molecule has 2 N–H and O–H groups in total. The molecule has 1 aliphatic rings. The average Bonchev–Trinajstić information content (AvgIpc) is 2.48. The molecule has 0 saturated heterocycles. The molecule has 5 heteroatoms. The standard InChI is InChI=1S/C15H22N2O3/c1-3-20-14(18)15(8-6-12(19-2)7-9-15)13-5-4-11(16)10-17-13/h4-5,10,12H,3,6-9,16H2,1-2H3. The van der Waals surface area contributed by atoms with Gasteiger partial charge in [-0.25, -0.2) is 0 Å². The Morgan fingerprint density at radius 3 is 2.65 bits per heavy atom. The average molecular weight is 278 g/mol. The van der Waals surface area contributed by atoms with E-state index in [1.165, 1.54) is 0 Å². The molecule has 0 amide bonds. The Bertz CT molecular complexity index is 451. The quantitative estimate of drug-likeness (QED) is 0.853. The van der Waals surface area contributed by atoms with Gasteiger partial charge in [0.1, 0.15) is 5.41 Å². The van der Waals surface area contributed by atoms with Crippen LogP contribution < -0.4 is 5.73 Å². The van der Waals surface area contributed by atoms with Crippen LogP contribution in [-0.4, -0.2) is 30.8 Å². The van der Waals surface area contributed by atoms with Crippen LogP contribution in [0.1, 0.15) is 38.3 Å². The zero-order valence-corrected chi connectivity index (χ0v) is 12.1. The maximum Gasteiger partial charge on any atom is 0.318 e. The molecular formula is C15H22N2O3. The van der Waals surface area contributed by atoms with Gasteiger partial charge in [-0.3, -0.25) is 9.78 Å². The van der Waals surface area contributed by atoms with Gasteiger partial charge in [-0.05, 0) is 44.7 Å². The van der Waals surface area contributed by atoms with E-state index in [0.717, 1.165) is 18.5 Å². The molecular weight excluding hydrogens is 256 g/mol. The normalized spacial score (nSPS) is 26.2. The van der Waals surface area contributed by atoms with Gasteiger partial charge in [-0.1, -0.05) is 0 Å². The highest BCUT2D eigenvalue weighted by atomic mass is 16.5. The van der Waals surface area contributed by atoms with Gasteiger partial charge < -0.3 is 15.2 Å². The number of hydrogen-bond acceptors (Lipinski definition) is 5. The first-order valence-electron chi connectivity index (χ1n) is 7.04. The Balaban J connectivity index is 2.30. The molecule has 0 radical (unpaired) electrons. The fraction of sp³-hybridized carbons (Fsp3) is 0.600. The second-order valence-electron chi connectivity index (χ2n) is 5.21. The Morgan fingerprint density at radius 1 is 1.45 bits per heavy atom. The highest BCUT2D eigenvalue weighted by molar-refractivity contribution is 5.83. The second-order valence-corrected chi connectivity index (χ2v) is 5.21. The summed E-state index contributed by atoms with van der Waals surface area (Å²) < 4.78 is 10.7. The van der Waals surface area contributed by atoms with Crippen LogP contribution in [0.15, 0.2) is 18.3 Å². The van der Waals surface area contributed by atoms with Gasteiger partial charge in [-0.15, -0.1) is 0 Å². The van der Waals surface area contributed by atoms with Gasteiger partial charge in [0.2, 0.25) is 0 Å². The number of pyridine rings is 1. The fourth-order valence-corrected chi connectivity index (χ4v) is 2.84. The summed E-state index contributed by atoms with van der Waals surface area (Å²) in [5.41, 5.74) is 6.37. The predicted octanol–water partition coefficient (Wildman–Crippen LogP) is 2.05. The molecule has 1 fully saturated rings. The monoisotopic (exact) mass is 278 g/mol. The molecule has 110 valence electrons. The maximum atomic E-state index is 12.5. The number of nitrogen functional groups attached to an aromatic ring is 1. The zero-order chi connectivity index (χ0) is 14.6. The molecule has 0 spiro atoms. The number of esters is 1. The van der Waals surface area contributed by atoms with Gasteiger partial charge in [-0.2, -0.15) is 0 Å². The van der Waals surface area contributed by atoms with Gasteiger partial charge in [0, 0.05) is 7.11 Å². The molecule has 20 heavy (non-hydrogen) atoms. The molecule has 0 atom stereocenters. The molecule has 2 rings (SSSR count). The molecule has 1 aromatic rings. The van der Waals surface area contributed by atoms with E-state index >= 15 is 0 Å². The summed E-state index contributed by atoms with van der Waals surface area (Å²) in [5.74, 6) is -0.188. The van der Waals surface area contributed by atoms with Crippen molar-refractivity contribution in [2.75, 3.05) is 19.5 Å². The highest BCUT2D eigenvalue weighted by Gasteiger charge is 2.45. The van der Waals surface area contributed by atoms with E-state index in [1.54, 1.807) is 19.4 Å².